The van der Waals surface area contributed by atoms with Gasteiger partial charge in [-0.1, -0.05) is 53.7 Å². The van der Waals surface area contributed by atoms with Gasteiger partial charge in [-0.15, -0.1) is 0 Å². The number of nitrogens with zero attached hydrogens (tertiary/aromatic N) is 1. The molecule has 5 heteroatoms. The van der Waals surface area contributed by atoms with Gasteiger partial charge in [0.15, 0.2) is 0 Å². The molecule has 0 atom stereocenters. The molecule has 0 aliphatic carbocycles. The van der Waals surface area contributed by atoms with Crippen molar-refractivity contribution in [3.05, 3.63) is 41.8 Å². The predicted molar refractivity (Wildman–Crippen MR) is 89.4 cm³/mol. The minimum absolute atomic E-state index is 0.195. The van der Waals surface area contributed by atoms with Gasteiger partial charge in [-0.05, 0) is 18.2 Å². The van der Waals surface area contributed by atoms with Gasteiger partial charge in [-0.2, -0.15) is 5.10 Å². The number of aromatic amines is 1. The highest BCUT2D eigenvalue weighted by Crippen LogP contribution is 2.20. The lowest BCUT2D eigenvalue weighted by atomic mass is 10.1. The normalized spacial score (nSPS) is 8.18. The number of ether oxygens (including phenoxy) is 1. The van der Waals surface area contributed by atoms with Crippen molar-refractivity contribution in [2.45, 2.75) is 41.5 Å². The quantitative estimate of drug-likeness (QED) is 0.787. The zero-order valence-electron chi connectivity index (χ0n) is 14.5. The molecular weight excluding hydrogens is 283 g/mol. The van der Waals surface area contributed by atoms with Crippen molar-refractivity contribution in [3.8, 4) is 11.3 Å². The molecule has 0 bridgehead atoms. The van der Waals surface area contributed by atoms with E-state index in [2.05, 4.69) is 14.9 Å². The van der Waals surface area contributed by atoms with Crippen molar-refractivity contribution in [3.63, 3.8) is 0 Å². The standard InChI is InChI=1S/C11H9FN2O2.3C2H6/c1-16-11(15)10-6-9(13-14-10)7-4-2-3-5-8(7)12;3*1-2/h2-6H,1H3,(H,13,14);3*1-2H3. The number of halogens is 1. The van der Waals surface area contributed by atoms with Crippen LogP contribution in [0.4, 0.5) is 4.39 Å². The van der Waals surface area contributed by atoms with E-state index < -0.39 is 5.97 Å². The number of carbonyl (C=O) groups excluding carboxylic acids is 1. The summed E-state index contributed by atoms with van der Waals surface area (Å²) < 4.78 is 17.9. The summed E-state index contributed by atoms with van der Waals surface area (Å²) in [4.78, 5) is 11.2. The highest BCUT2D eigenvalue weighted by atomic mass is 19.1. The number of esters is 1. The number of hydrogen-bond acceptors (Lipinski definition) is 3. The molecule has 0 aliphatic heterocycles. The Balaban J connectivity index is 0. The second-order valence-corrected chi connectivity index (χ2v) is 3.14. The summed E-state index contributed by atoms with van der Waals surface area (Å²) in [6, 6.07) is 7.66. The van der Waals surface area contributed by atoms with Crippen LogP contribution in [0.5, 0.6) is 0 Å². The maximum absolute atomic E-state index is 13.4. The summed E-state index contributed by atoms with van der Waals surface area (Å²) in [5.74, 6) is -0.916. The van der Waals surface area contributed by atoms with Crippen molar-refractivity contribution in [1.29, 1.82) is 0 Å². The molecule has 2 rings (SSSR count). The molecule has 1 aromatic carbocycles. The Kier molecular flexibility index (Phi) is 13.9. The van der Waals surface area contributed by atoms with Gasteiger partial charge in [0, 0.05) is 5.56 Å². The van der Waals surface area contributed by atoms with E-state index in [1.807, 2.05) is 41.5 Å². The number of H-pyrrole nitrogens is 1. The first-order valence-electron chi connectivity index (χ1n) is 7.61. The summed E-state index contributed by atoms with van der Waals surface area (Å²) in [7, 11) is 1.27. The number of methoxy groups -OCH3 is 1. The molecule has 2 aromatic rings. The van der Waals surface area contributed by atoms with E-state index >= 15 is 0 Å². The summed E-state index contributed by atoms with van der Waals surface area (Å²) in [6.07, 6.45) is 0. The first kappa shape index (κ1) is 22.1. The molecule has 0 unspecified atom stereocenters. The van der Waals surface area contributed by atoms with Gasteiger partial charge in [0.1, 0.15) is 11.5 Å². The van der Waals surface area contributed by atoms with Gasteiger partial charge in [-0.25, -0.2) is 9.18 Å². The van der Waals surface area contributed by atoms with Gasteiger partial charge >= 0.3 is 5.97 Å². The highest BCUT2D eigenvalue weighted by molar-refractivity contribution is 5.88. The van der Waals surface area contributed by atoms with Crippen molar-refractivity contribution < 1.29 is 13.9 Å². The van der Waals surface area contributed by atoms with Crippen LogP contribution >= 0.6 is 0 Å². The van der Waals surface area contributed by atoms with E-state index in [0.29, 0.717) is 11.3 Å². The number of carbonyl (C=O) groups is 1. The summed E-state index contributed by atoms with van der Waals surface area (Å²) in [5, 5.41) is 6.34. The van der Waals surface area contributed by atoms with Crippen LogP contribution in [0.1, 0.15) is 52.0 Å². The lowest BCUT2D eigenvalue weighted by Gasteiger charge is -1.96. The Morgan fingerprint density at radius 2 is 1.64 bits per heavy atom. The number of aromatic nitrogens is 2. The van der Waals surface area contributed by atoms with Crippen LogP contribution in [0.2, 0.25) is 0 Å². The topological polar surface area (TPSA) is 55.0 Å². The second kappa shape index (κ2) is 13.8. The van der Waals surface area contributed by atoms with Crippen LogP contribution in [0.25, 0.3) is 11.3 Å². The van der Waals surface area contributed by atoms with Crippen molar-refractivity contribution in [1.82, 2.24) is 10.2 Å². The summed E-state index contributed by atoms with van der Waals surface area (Å²) in [5.41, 5.74) is 0.910. The molecule has 0 amide bonds. The van der Waals surface area contributed by atoms with E-state index in [1.54, 1.807) is 18.2 Å². The molecule has 0 fully saturated rings. The Bertz CT molecular complexity index is 525. The van der Waals surface area contributed by atoms with Crippen molar-refractivity contribution >= 4 is 5.97 Å². The predicted octanol–water partition coefficient (Wildman–Crippen LogP) is 5.08. The van der Waals surface area contributed by atoms with Crippen LogP contribution in [0.3, 0.4) is 0 Å². The van der Waals surface area contributed by atoms with E-state index in [4.69, 9.17) is 0 Å². The van der Waals surface area contributed by atoms with Crippen LogP contribution in [-0.2, 0) is 4.74 Å². The number of benzene rings is 1. The molecule has 124 valence electrons. The fourth-order valence-electron chi connectivity index (χ4n) is 1.34. The Hall–Kier alpha value is -2.17. The third-order valence-electron chi connectivity index (χ3n) is 2.13. The zero-order valence-corrected chi connectivity index (χ0v) is 14.5. The van der Waals surface area contributed by atoms with E-state index in [-0.39, 0.29) is 11.5 Å². The maximum atomic E-state index is 13.4. The molecule has 0 aliphatic rings. The first-order valence-corrected chi connectivity index (χ1v) is 7.61. The third-order valence-corrected chi connectivity index (χ3v) is 2.13. The fourth-order valence-corrected chi connectivity index (χ4v) is 1.34. The molecule has 0 spiro atoms. The molecule has 1 N–H and O–H groups in total. The zero-order chi connectivity index (χ0) is 17.5. The minimum atomic E-state index is -0.532. The minimum Gasteiger partial charge on any atom is -0.464 e. The van der Waals surface area contributed by atoms with E-state index in [9.17, 15) is 9.18 Å². The number of rotatable bonds is 2. The van der Waals surface area contributed by atoms with Gasteiger partial charge < -0.3 is 4.74 Å². The Labute approximate surface area is 132 Å². The second-order valence-electron chi connectivity index (χ2n) is 3.14. The van der Waals surface area contributed by atoms with E-state index in [1.165, 1.54) is 19.2 Å². The average molecular weight is 310 g/mol. The lowest BCUT2D eigenvalue weighted by molar-refractivity contribution is 0.0594. The molecule has 1 aromatic heterocycles. The van der Waals surface area contributed by atoms with Gasteiger partial charge in [0.25, 0.3) is 0 Å². The maximum Gasteiger partial charge on any atom is 0.356 e. The molecule has 4 nitrogen and oxygen atoms in total. The Morgan fingerprint density at radius 1 is 1.09 bits per heavy atom. The molecule has 1 heterocycles. The lowest BCUT2D eigenvalue weighted by Crippen LogP contribution is -2.00. The van der Waals surface area contributed by atoms with Crippen LogP contribution in [-0.4, -0.2) is 23.3 Å². The van der Waals surface area contributed by atoms with Gasteiger partial charge in [0.05, 0.1) is 12.8 Å². The fraction of sp³-hybridized carbons (Fsp3) is 0.412. The molecule has 0 saturated heterocycles. The Morgan fingerprint density at radius 3 is 2.14 bits per heavy atom. The number of nitrogens with one attached hydrogen (secondary N) is 1. The molecule has 0 radical (unpaired) electrons. The summed E-state index contributed by atoms with van der Waals surface area (Å²) >= 11 is 0. The molecular formula is C17H27FN2O2. The van der Waals surface area contributed by atoms with Crippen molar-refractivity contribution in [2.75, 3.05) is 7.11 Å². The van der Waals surface area contributed by atoms with Gasteiger partial charge in [0.2, 0.25) is 0 Å². The average Bonchev–Trinajstić information content (AvgIpc) is 3.10. The monoisotopic (exact) mass is 310 g/mol. The van der Waals surface area contributed by atoms with Crippen LogP contribution in [0.15, 0.2) is 30.3 Å². The van der Waals surface area contributed by atoms with Gasteiger partial charge in [-0.3, -0.25) is 5.10 Å². The van der Waals surface area contributed by atoms with Crippen LogP contribution < -0.4 is 0 Å². The first-order chi connectivity index (χ1) is 10.7. The molecule has 0 saturated carbocycles. The summed E-state index contributed by atoms with van der Waals surface area (Å²) in [6.45, 7) is 12.0. The SMILES string of the molecule is CC.CC.CC.COC(=O)c1cc(-c2ccccc2F)n[nH]1. The molecule has 22 heavy (non-hydrogen) atoms. The van der Waals surface area contributed by atoms with Crippen molar-refractivity contribution in [2.24, 2.45) is 0 Å². The highest BCUT2D eigenvalue weighted by Gasteiger charge is 2.12. The number of hydrogen-bond donors (Lipinski definition) is 1. The van der Waals surface area contributed by atoms with E-state index in [0.717, 1.165) is 0 Å². The smallest absolute Gasteiger partial charge is 0.356 e. The largest absolute Gasteiger partial charge is 0.464 e. The third kappa shape index (κ3) is 6.52. The van der Waals surface area contributed by atoms with Crippen LogP contribution in [0, 0.1) is 5.82 Å².